The van der Waals surface area contributed by atoms with Crippen LogP contribution in [0.3, 0.4) is 0 Å². The number of aromatic nitrogens is 2. The molecule has 0 fully saturated rings. The van der Waals surface area contributed by atoms with Crippen molar-refractivity contribution >= 4 is 34.3 Å². The molecule has 6 heteroatoms. The highest BCUT2D eigenvalue weighted by molar-refractivity contribution is 7.10. The molecule has 0 unspecified atom stereocenters. The number of para-hydroxylation sites is 2. The molecule has 3 aromatic rings. The van der Waals surface area contributed by atoms with Crippen LogP contribution in [0.5, 0.6) is 0 Å². The fourth-order valence-electron chi connectivity index (χ4n) is 3.89. The van der Waals surface area contributed by atoms with Gasteiger partial charge in [-0.25, -0.2) is 9.78 Å². The van der Waals surface area contributed by atoms with E-state index >= 15 is 0 Å². The molecule has 1 aliphatic rings. The van der Waals surface area contributed by atoms with Crippen molar-refractivity contribution in [1.29, 1.82) is 0 Å². The fraction of sp³-hybridized carbons (Fsp3) is 0.391. The minimum absolute atomic E-state index is 0.230. The van der Waals surface area contributed by atoms with E-state index in [1.54, 1.807) is 11.3 Å². The molecule has 2 aromatic heterocycles. The SMILES string of the molecule is CCCCCCCOC(=O)C1=C(C)Nc2nc3ccccc3n2[C@H]1c1cccs1. The van der Waals surface area contributed by atoms with Crippen LogP contribution in [0.4, 0.5) is 5.95 Å². The summed E-state index contributed by atoms with van der Waals surface area (Å²) in [5.74, 6) is 0.519. The lowest BCUT2D eigenvalue weighted by atomic mass is 10.0. The standard InChI is InChI=1S/C23H27N3O2S/c1-3-4-5-6-9-14-28-22(27)20-16(2)24-23-25-17-11-7-8-12-18(17)26(23)21(20)19-13-10-15-29-19/h7-8,10-13,15,21H,3-6,9,14H2,1-2H3,(H,24,25)/t21-/m0/s1. The summed E-state index contributed by atoms with van der Waals surface area (Å²) >= 11 is 1.65. The number of benzene rings is 1. The van der Waals surface area contributed by atoms with Gasteiger partial charge in [-0.15, -0.1) is 11.3 Å². The number of carbonyl (C=O) groups excluding carboxylic acids is 1. The Morgan fingerprint density at radius 3 is 2.79 bits per heavy atom. The van der Waals surface area contributed by atoms with Gasteiger partial charge in [0.05, 0.1) is 23.2 Å². The number of nitrogens with one attached hydrogen (secondary N) is 1. The van der Waals surface area contributed by atoms with E-state index in [1.807, 2.05) is 42.6 Å². The summed E-state index contributed by atoms with van der Waals surface area (Å²) in [7, 11) is 0. The average Bonchev–Trinajstić information content (AvgIpc) is 3.37. The second-order valence-electron chi connectivity index (χ2n) is 7.43. The van der Waals surface area contributed by atoms with Crippen LogP contribution in [0.2, 0.25) is 0 Å². The second kappa shape index (κ2) is 8.82. The molecule has 0 spiro atoms. The molecule has 152 valence electrons. The van der Waals surface area contributed by atoms with E-state index in [-0.39, 0.29) is 12.0 Å². The highest BCUT2D eigenvalue weighted by Gasteiger charge is 2.35. The molecular weight excluding hydrogens is 382 g/mol. The molecule has 1 atom stereocenters. The quantitative estimate of drug-likeness (QED) is 0.372. The van der Waals surface area contributed by atoms with Crippen LogP contribution in [0, 0.1) is 0 Å². The maximum absolute atomic E-state index is 13.1. The highest BCUT2D eigenvalue weighted by Crippen LogP contribution is 2.40. The molecule has 0 saturated carbocycles. The van der Waals surface area contributed by atoms with Crippen molar-refractivity contribution in [2.45, 2.75) is 52.0 Å². The van der Waals surface area contributed by atoms with Crippen LogP contribution in [0.25, 0.3) is 11.0 Å². The summed E-state index contributed by atoms with van der Waals surface area (Å²) in [6, 6.07) is 11.9. The van der Waals surface area contributed by atoms with Crippen LogP contribution >= 0.6 is 11.3 Å². The molecule has 0 radical (unpaired) electrons. The topological polar surface area (TPSA) is 56.1 Å². The van der Waals surface area contributed by atoms with Crippen LogP contribution in [0.1, 0.15) is 56.9 Å². The number of hydrogen-bond donors (Lipinski definition) is 1. The smallest absolute Gasteiger partial charge is 0.338 e. The van der Waals surface area contributed by atoms with Crippen LogP contribution in [-0.4, -0.2) is 22.1 Å². The summed E-state index contributed by atoms with van der Waals surface area (Å²) < 4.78 is 7.82. The fourth-order valence-corrected chi connectivity index (χ4v) is 4.72. The Morgan fingerprint density at radius 1 is 1.17 bits per heavy atom. The van der Waals surface area contributed by atoms with Crippen LogP contribution in [0.15, 0.2) is 53.0 Å². The van der Waals surface area contributed by atoms with E-state index in [0.717, 1.165) is 40.4 Å². The number of esters is 1. The molecule has 0 saturated heterocycles. The number of unbranched alkanes of at least 4 members (excludes halogenated alkanes) is 4. The van der Waals surface area contributed by atoms with Gasteiger partial charge in [-0.2, -0.15) is 0 Å². The first kappa shape index (κ1) is 19.7. The number of carbonyl (C=O) groups is 1. The summed E-state index contributed by atoms with van der Waals surface area (Å²) in [6.45, 7) is 4.60. The van der Waals surface area contributed by atoms with Crippen molar-refractivity contribution in [2.75, 3.05) is 11.9 Å². The van der Waals surface area contributed by atoms with Gasteiger partial charge in [0.15, 0.2) is 0 Å². The van der Waals surface area contributed by atoms with Gasteiger partial charge in [-0.1, -0.05) is 50.8 Å². The first-order valence-electron chi connectivity index (χ1n) is 10.4. The number of anilines is 1. The second-order valence-corrected chi connectivity index (χ2v) is 8.41. The van der Waals surface area contributed by atoms with Gasteiger partial charge in [-0.05, 0) is 36.9 Å². The van der Waals surface area contributed by atoms with Crippen molar-refractivity contribution < 1.29 is 9.53 Å². The Bertz CT molecular complexity index is 1020. The van der Waals surface area contributed by atoms with E-state index in [9.17, 15) is 4.79 Å². The average molecular weight is 410 g/mol. The highest BCUT2D eigenvalue weighted by atomic mass is 32.1. The zero-order valence-corrected chi connectivity index (χ0v) is 17.8. The van der Waals surface area contributed by atoms with Crippen LogP contribution < -0.4 is 5.32 Å². The lowest BCUT2D eigenvalue weighted by molar-refractivity contribution is -0.139. The van der Waals surface area contributed by atoms with Gasteiger partial charge in [-0.3, -0.25) is 4.57 Å². The number of thiophene rings is 1. The van der Waals surface area contributed by atoms with Gasteiger partial charge in [0.2, 0.25) is 5.95 Å². The molecular formula is C23H27N3O2S. The summed E-state index contributed by atoms with van der Waals surface area (Å²) in [4.78, 5) is 19.0. The molecule has 29 heavy (non-hydrogen) atoms. The maximum Gasteiger partial charge on any atom is 0.338 e. The Hall–Kier alpha value is -2.60. The third-order valence-corrected chi connectivity index (χ3v) is 6.27. The zero-order chi connectivity index (χ0) is 20.2. The Labute approximate surface area is 175 Å². The number of fused-ring (bicyclic) bond motifs is 3. The maximum atomic E-state index is 13.1. The predicted octanol–water partition coefficient (Wildman–Crippen LogP) is 5.90. The Morgan fingerprint density at radius 2 is 2.00 bits per heavy atom. The number of nitrogens with zero attached hydrogens (tertiary/aromatic N) is 2. The molecule has 0 aliphatic carbocycles. The number of rotatable bonds is 8. The third-order valence-electron chi connectivity index (χ3n) is 5.34. The van der Waals surface area contributed by atoms with Crippen molar-refractivity contribution in [3.63, 3.8) is 0 Å². The van der Waals surface area contributed by atoms with Gasteiger partial charge >= 0.3 is 5.97 Å². The van der Waals surface area contributed by atoms with Crippen molar-refractivity contribution in [3.8, 4) is 0 Å². The van der Waals surface area contributed by atoms with E-state index in [0.29, 0.717) is 12.2 Å². The normalized spacial score (nSPS) is 16.0. The third kappa shape index (κ3) is 3.94. The van der Waals surface area contributed by atoms with Gasteiger partial charge in [0.25, 0.3) is 0 Å². The van der Waals surface area contributed by atoms with Gasteiger partial charge in [0, 0.05) is 10.6 Å². The lowest BCUT2D eigenvalue weighted by Gasteiger charge is -2.29. The van der Waals surface area contributed by atoms with E-state index in [4.69, 9.17) is 9.72 Å². The summed E-state index contributed by atoms with van der Waals surface area (Å²) in [5.41, 5.74) is 3.39. The minimum Gasteiger partial charge on any atom is -0.462 e. The van der Waals surface area contributed by atoms with Crippen LogP contribution in [-0.2, 0) is 9.53 Å². The van der Waals surface area contributed by atoms with E-state index in [2.05, 4.69) is 22.9 Å². The summed E-state index contributed by atoms with van der Waals surface area (Å²) in [5, 5.41) is 5.37. The Balaban J connectivity index is 1.63. The molecule has 1 N–H and O–H groups in total. The van der Waals surface area contributed by atoms with Crippen molar-refractivity contribution in [3.05, 3.63) is 57.9 Å². The number of ether oxygens (including phenoxy) is 1. The molecule has 1 aromatic carbocycles. The van der Waals surface area contributed by atoms with Crippen molar-refractivity contribution in [2.24, 2.45) is 0 Å². The molecule has 0 bridgehead atoms. The van der Waals surface area contributed by atoms with E-state index in [1.165, 1.54) is 19.3 Å². The first-order valence-corrected chi connectivity index (χ1v) is 11.2. The van der Waals surface area contributed by atoms with Gasteiger partial charge < -0.3 is 10.1 Å². The van der Waals surface area contributed by atoms with Gasteiger partial charge in [0.1, 0.15) is 6.04 Å². The summed E-state index contributed by atoms with van der Waals surface area (Å²) in [6.07, 6.45) is 5.65. The first-order chi connectivity index (χ1) is 14.2. The molecule has 4 rings (SSSR count). The number of allylic oxidation sites excluding steroid dienone is 1. The predicted molar refractivity (Wildman–Crippen MR) is 118 cm³/mol. The largest absolute Gasteiger partial charge is 0.462 e. The zero-order valence-electron chi connectivity index (χ0n) is 17.0. The molecule has 3 heterocycles. The number of hydrogen-bond acceptors (Lipinski definition) is 5. The Kier molecular flexibility index (Phi) is 6.00. The molecule has 1 aliphatic heterocycles. The minimum atomic E-state index is -0.243. The monoisotopic (exact) mass is 409 g/mol. The molecule has 5 nitrogen and oxygen atoms in total. The lowest BCUT2D eigenvalue weighted by Crippen LogP contribution is -2.28. The molecule has 0 amide bonds. The van der Waals surface area contributed by atoms with E-state index < -0.39 is 0 Å². The number of imidazole rings is 1. The van der Waals surface area contributed by atoms with Crippen molar-refractivity contribution in [1.82, 2.24) is 9.55 Å².